The lowest BCUT2D eigenvalue weighted by atomic mass is 10.0. The van der Waals surface area contributed by atoms with E-state index >= 15 is 0 Å². The van der Waals surface area contributed by atoms with Crippen molar-refractivity contribution in [2.24, 2.45) is 5.92 Å². The minimum Gasteiger partial charge on any atom is -0.388 e. The average Bonchev–Trinajstić information content (AvgIpc) is 2.26. The van der Waals surface area contributed by atoms with E-state index in [9.17, 15) is 5.11 Å². The van der Waals surface area contributed by atoms with Crippen molar-refractivity contribution in [3.05, 3.63) is 54.6 Å². The molecule has 1 aromatic carbocycles. The van der Waals surface area contributed by atoms with Gasteiger partial charge in [-0.1, -0.05) is 55.5 Å². The molecule has 0 aliphatic carbocycles. The van der Waals surface area contributed by atoms with Crippen LogP contribution in [0.1, 0.15) is 12.5 Å². The van der Waals surface area contributed by atoms with Crippen molar-refractivity contribution in [2.45, 2.75) is 13.0 Å². The summed E-state index contributed by atoms with van der Waals surface area (Å²) in [6.45, 7) is 5.58. The summed E-state index contributed by atoms with van der Waals surface area (Å²) in [4.78, 5) is 0. The SMILES string of the molecule is C=CC(C)C(O)/C=C/c1ccccc1. The van der Waals surface area contributed by atoms with Crippen LogP contribution in [0.5, 0.6) is 0 Å². The van der Waals surface area contributed by atoms with Crippen LogP contribution in [-0.2, 0) is 0 Å². The first-order valence-corrected chi connectivity index (χ1v) is 4.78. The van der Waals surface area contributed by atoms with Crippen LogP contribution in [0.3, 0.4) is 0 Å². The third-order valence-corrected chi connectivity index (χ3v) is 2.20. The van der Waals surface area contributed by atoms with E-state index in [0.29, 0.717) is 0 Å². The van der Waals surface area contributed by atoms with Gasteiger partial charge in [0.1, 0.15) is 0 Å². The molecule has 1 heteroatoms. The van der Waals surface area contributed by atoms with E-state index in [-0.39, 0.29) is 5.92 Å². The molecule has 2 unspecified atom stereocenters. The Labute approximate surface area is 85.4 Å². The van der Waals surface area contributed by atoms with Gasteiger partial charge in [-0.15, -0.1) is 6.58 Å². The first-order chi connectivity index (χ1) is 6.74. The lowest BCUT2D eigenvalue weighted by Crippen LogP contribution is -2.11. The third-order valence-electron chi connectivity index (χ3n) is 2.20. The Bertz CT molecular complexity index is 300. The second-order valence-corrected chi connectivity index (χ2v) is 3.36. The number of benzene rings is 1. The summed E-state index contributed by atoms with van der Waals surface area (Å²) >= 11 is 0. The zero-order valence-corrected chi connectivity index (χ0v) is 8.43. The van der Waals surface area contributed by atoms with Gasteiger partial charge < -0.3 is 5.11 Å². The van der Waals surface area contributed by atoms with Crippen LogP contribution >= 0.6 is 0 Å². The van der Waals surface area contributed by atoms with Crippen molar-refractivity contribution in [3.63, 3.8) is 0 Å². The molecular weight excluding hydrogens is 172 g/mol. The summed E-state index contributed by atoms with van der Waals surface area (Å²) in [5, 5.41) is 9.62. The molecule has 0 fully saturated rings. The molecule has 1 nitrogen and oxygen atoms in total. The molecule has 0 bridgehead atoms. The van der Waals surface area contributed by atoms with E-state index in [0.717, 1.165) is 5.56 Å². The van der Waals surface area contributed by atoms with Crippen molar-refractivity contribution >= 4 is 6.08 Å². The Balaban J connectivity index is 2.60. The predicted octanol–water partition coefficient (Wildman–Crippen LogP) is 2.88. The highest BCUT2D eigenvalue weighted by atomic mass is 16.3. The van der Waals surface area contributed by atoms with Crippen molar-refractivity contribution in [1.29, 1.82) is 0 Å². The Kier molecular flexibility index (Phi) is 4.14. The Morgan fingerprint density at radius 1 is 1.29 bits per heavy atom. The highest BCUT2D eigenvalue weighted by molar-refractivity contribution is 5.49. The predicted molar refractivity (Wildman–Crippen MR) is 60.8 cm³/mol. The summed E-state index contributed by atoms with van der Waals surface area (Å²) in [6.07, 6.45) is 5.01. The van der Waals surface area contributed by atoms with Crippen molar-refractivity contribution in [2.75, 3.05) is 0 Å². The zero-order valence-electron chi connectivity index (χ0n) is 8.43. The molecule has 0 aliphatic rings. The Morgan fingerprint density at radius 3 is 2.50 bits per heavy atom. The largest absolute Gasteiger partial charge is 0.388 e. The van der Waals surface area contributed by atoms with E-state index in [2.05, 4.69) is 6.58 Å². The molecule has 1 rings (SSSR count). The lowest BCUT2D eigenvalue weighted by Gasteiger charge is -2.09. The highest BCUT2D eigenvalue weighted by Gasteiger charge is 2.05. The second kappa shape index (κ2) is 5.40. The Hall–Kier alpha value is -1.34. The molecule has 0 saturated carbocycles. The molecule has 0 amide bonds. The lowest BCUT2D eigenvalue weighted by molar-refractivity contribution is 0.186. The first kappa shape index (κ1) is 10.7. The van der Waals surface area contributed by atoms with Gasteiger partial charge in [-0.3, -0.25) is 0 Å². The maximum atomic E-state index is 9.62. The molecule has 74 valence electrons. The van der Waals surface area contributed by atoms with Gasteiger partial charge >= 0.3 is 0 Å². The van der Waals surface area contributed by atoms with Crippen LogP contribution in [0, 0.1) is 5.92 Å². The molecular formula is C13H16O. The average molecular weight is 188 g/mol. The van der Waals surface area contributed by atoms with Gasteiger partial charge in [0.25, 0.3) is 0 Å². The van der Waals surface area contributed by atoms with Gasteiger partial charge in [0.05, 0.1) is 6.10 Å². The smallest absolute Gasteiger partial charge is 0.0783 e. The molecule has 2 atom stereocenters. The third kappa shape index (κ3) is 3.19. The number of rotatable bonds is 4. The van der Waals surface area contributed by atoms with E-state index < -0.39 is 6.10 Å². The maximum Gasteiger partial charge on any atom is 0.0783 e. The second-order valence-electron chi connectivity index (χ2n) is 3.36. The Morgan fingerprint density at radius 2 is 1.93 bits per heavy atom. The standard InChI is InChI=1S/C13H16O/c1-3-11(2)13(14)10-9-12-7-5-4-6-8-12/h3-11,13-14H,1H2,2H3/b10-9+. The van der Waals surface area contributed by atoms with Gasteiger partial charge in [0.15, 0.2) is 0 Å². The van der Waals surface area contributed by atoms with Crippen molar-refractivity contribution in [1.82, 2.24) is 0 Å². The fourth-order valence-electron chi connectivity index (χ4n) is 1.09. The summed E-state index contributed by atoms with van der Waals surface area (Å²) in [7, 11) is 0. The normalized spacial score (nSPS) is 15.3. The number of hydrogen-bond donors (Lipinski definition) is 1. The topological polar surface area (TPSA) is 20.2 Å². The van der Waals surface area contributed by atoms with E-state index in [1.807, 2.05) is 43.3 Å². The summed E-state index contributed by atoms with van der Waals surface area (Å²) in [5.74, 6) is 0.0926. The van der Waals surface area contributed by atoms with E-state index in [1.54, 1.807) is 12.2 Å². The summed E-state index contributed by atoms with van der Waals surface area (Å²) in [6, 6.07) is 9.93. The van der Waals surface area contributed by atoms with Crippen LogP contribution in [0.25, 0.3) is 6.08 Å². The molecule has 0 radical (unpaired) electrons. The van der Waals surface area contributed by atoms with E-state index in [4.69, 9.17) is 0 Å². The monoisotopic (exact) mass is 188 g/mol. The van der Waals surface area contributed by atoms with Gasteiger partial charge in [-0.05, 0) is 5.56 Å². The van der Waals surface area contributed by atoms with Crippen LogP contribution in [0.2, 0.25) is 0 Å². The fraction of sp³-hybridized carbons (Fsp3) is 0.231. The molecule has 1 aromatic rings. The molecule has 0 aliphatic heterocycles. The van der Waals surface area contributed by atoms with Crippen molar-refractivity contribution in [3.8, 4) is 0 Å². The minimum atomic E-state index is -0.451. The molecule has 0 spiro atoms. The quantitative estimate of drug-likeness (QED) is 0.720. The first-order valence-electron chi connectivity index (χ1n) is 4.78. The minimum absolute atomic E-state index is 0.0926. The number of aliphatic hydroxyl groups excluding tert-OH is 1. The van der Waals surface area contributed by atoms with Crippen LogP contribution < -0.4 is 0 Å². The van der Waals surface area contributed by atoms with Gasteiger partial charge in [-0.25, -0.2) is 0 Å². The molecule has 0 aromatic heterocycles. The maximum absolute atomic E-state index is 9.62. The molecule has 0 heterocycles. The number of hydrogen-bond acceptors (Lipinski definition) is 1. The number of aliphatic hydroxyl groups is 1. The summed E-state index contributed by atoms with van der Waals surface area (Å²) < 4.78 is 0. The van der Waals surface area contributed by atoms with Gasteiger partial charge in [0, 0.05) is 5.92 Å². The summed E-state index contributed by atoms with van der Waals surface area (Å²) in [5.41, 5.74) is 1.10. The van der Waals surface area contributed by atoms with E-state index in [1.165, 1.54) is 0 Å². The van der Waals surface area contributed by atoms with Crippen LogP contribution in [0.15, 0.2) is 49.1 Å². The van der Waals surface area contributed by atoms with Gasteiger partial charge in [0.2, 0.25) is 0 Å². The molecule has 14 heavy (non-hydrogen) atoms. The zero-order chi connectivity index (χ0) is 10.4. The van der Waals surface area contributed by atoms with Crippen molar-refractivity contribution < 1.29 is 5.11 Å². The van der Waals surface area contributed by atoms with Gasteiger partial charge in [-0.2, -0.15) is 0 Å². The van der Waals surface area contributed by atoms with Crippen LogP contribution in [0.4, 0.5) is 0 Å². The molecule has 1 N–H and O–H groups in total. The fourth-order valence-corrected chi connectivity index (χ4v) is 1.09. The highest BCUT2D eigenvalue weighted by Crippen LogP contribution is 2.08. The molecule has 0 saturated heterocycles. The van der Waals surface area contributed by atoms with Crippen LogP contribution in [-0.4, -0.2) is 11.2 Å².